The third-order valence-electron chi connectivity index (χ3n) is 2.21. The van der Waals surface area contributed by atoms with E-state index in [-0.39, 0.29) is 10.7 Å². The maximum Gasteiger partial charge on any atom is 0.277 e. The summed E-state index contributed by atoms with van der Waals surface area (Å²) >= 11 is 4.85. The fraction of sp³-hybridized carbons (Fsp3) is 0.200. The predicted octanol–water partition coefficient (Wildman–Crippen LogP) is 1.08. The number of nitro benzene ring substituents is 2. The number of nitrogens with one attached hydrogen (secondary N) is 1. The number of rotatable bonds is 3. The molecule has 0 radical (unpaired) electrons. The van der Waals surface area contributed by atoms with E-state index in [0.717, 1.165) is 18.2 Å². The Kier molecular flexibility index (Phi) is 4.64. The summed E-state index contributed by atoms with van der Waals surface area (Å²) in [5.41, 5.74) is -1.30. The Morgan fingerprint density at radius 1 is 1.15 bits per heavy atom. The SMILES string of the molecule is CN(C)C(=S)NC(=O)c1cc([N+](=O)[O-])cc([N+](=O)[O-])c1. The molecule has 20 heavy (non-hydrogen) atoms. The number of carbonyl (C=O) groups is 1. The van der Waals surface area contributed by atoms with E-state index in [1.165, 1.54) is 4.90 Å². The fourth-order valence-electron chi connectivity index (χ4n) is 1.22. The van der Waals surface area contributed by atoms with Crippen LogP contribution in [0.3, 0.4) is 0 Å². The molecule has 0 aliphatic rings. The quantitative estimate of drug-likeness (QED) is 0.503. The van der Waals surface area contributed by atoms with Crippen molar-refractivity contribution in [1.29, 1.82) is 0 Å². The van der Waals surface area contributed by atoms with Crippen LogP contribution in [0.5, 0.6) is 0 Å². The van der Waals surface area contributed by atoms with Crippen LogP contribution in [-0.2, 0) is 0 Å². The zero-order chi connectivity index (χ0) is 15.4. The highest BCUT2D eigenvalue weighted by Gasteiger charge is 2.20. The highest BCUT2D eigenvalue weighted by molar-refractivity contribution is 7.80. The smallest absolute Gasteiger partial charge is 0.277 e. The van der Waals surface area contributed by atoms with Gasteiger partial charge in [0.25, 0.3) is 17.3 Å². The lowest BCUT2D eigenvalue weighted by Gasteiger charge is -2.14. The van der Waals surface area contributed by atoms with Crippen LogP contribution >= 0.6 is 12.2 Å². The molecule has 0 aliphatic carbocycles. The van der Waals surface area contributed by atoms with Crippen molar-refractivity contribution in [1.82, 2.24) is 10.2 Å². The first-order valence-corrected chi connectivity index (χ1v) is 5.59. The lowest BCUT2D eigenvalue weighted by Crippen LogP contribution is -2.38. The molecule has 0 aliphatic heterocycles. The number of non-ortho nitro benzene ring substituents is 2. The maximum absolute atomic E-state index is 11.8. The van der Waals surface area contributed by atoms with Crippen LogP contribution in [0.4, 0.5) is 11.4 Å². The number of hydrogen-bond donors (Lipinski definition) is 1. The minimum absolute atomic E-state index is 0.0872. The summed E-state index contributed by atoms with van der Waals surface area (Å²) in [5, 5.41) is 23.8. The number of hydrogen-bond acceptors (Lipinski definition) is 6. The summed E-state index contributed by atoms with van der Waals surface area (Å²) in [6.45, 7) is 0. The average Bonchev–Trinajstić information content (AvgIpc) is 2.37. The first-order chi connectivity index (χ1) is 9.22. The lowest BCUT2D eigenvalue weighted by atomic mass is 10.1. The van der Waals surface area contributed by atoms with Crippen LogP contribution in [0, 0.1) is 20.2 Å². The molecular formula is C10H10N4O5S. The van der Waals surface area contributed by atoms with Gasteiger partial charge in [-0.05, 0) is 12.2 Å². The Bertz CT molecular complexity index is 569. The summed E-state index contributed by atoms with van der Waals surface area (Å²) in [4.78, 5) is 33.1. The molecule has 0 spiro atoms. The molecule has 0 heterocycles. The predicted molar refractivity (Wildman–Crippen MR) is 73.5 cm³/mol. The minimum Gasteiger partial charge on any atom is -0.355 e. The summed E-state index contributed by atoms with van der Waals surface area (Å²) < 4.78 is 0. The zero-order valence-electron chi connectivity index (χ0n) is 10.5. The first kappa shape index (κ1) is 15.4. The van der Waals surface area contributed by atoms with Crippen molar-refractivity contribution >= 4 is 34.6 Å². The molecule has 0 fully saturated rings. The normalized spacial score (nSPS) is 9.70. The number of nitro groups is 2. The van der Waals surface area contributed by atoms with E-state index in [2.05, 4.69) is 5.32 Å². The number of amides is 1. The topological polar surface area (TPSA) is 119 Å². The Morgan fingerprint density at radius 2 is 1.60 bits per heavy atom. The third-order valence-corrected chi connectivity index (χ3v) is 2.68. The molecule has 1 amide bonds. The molecule has 0 unspecified atom stereocenters. The number of nitrogens with zero attached hydrogens (tertiary/aromatic N) is 3. The highest BCUT2D eigenvalue weighted by Crippen LogP contribution is 2.22. The van der Waals surface area contributed by atoms with Crippen LogP contribution in [0.1, 0.15) is 10.4 Å². The van der Waals surface area contributed by atoms with E-state index in [1.54, 1.807) is 14.1 Å². The maximum atomic E-state index is 11.8. The summed E-state index contributed by atoms with van der Waals surface area (Å²) in [6.07, 6.45) is 0. The van der Waals surface area contributed by atoms with Gasteiger partial charge < -0.3 is 4.90 Å². The number of thiocarbonyl (C=S) groups is 1. The fourth-order valence-corrected chi connectivity index (χ4v) is 1.31. The van der Waals surface area contributed by atoms with E-state index in [0.29, 0.717) is 0 Å². The molecule has 1 rings (SSSR count). The van der Waals surface area contributed by atoms with Gasteiger partial charge in [0.1, 0.15) is 0 Å². The van der Waals surface area contributed by atoms with Crippen molar-refractivity contribution in [3.8, 4) is 0 Å². The second-order valence-electron chi connectivity index (χ2n) is 3.91. The molecule has 0 saturated carbocycles. The van der Waals surface area contributed by atoms with Crippen molar-refractivity contribution in [2.75, 3.05) is 14.1 Å². The monoisotopic (exact) mass is 298 g/mol. The van der Waals surface area contributed by atoms with Gasteiger partial charge in [0.15, 0.2) is 5.11 Å². The van der Waals surface area contributed by atoms with Gasteiger partial charge in [-0.25, -0.2) is 0 Å². The average molecular weight is 298 g/mol. The van der Waals surface area contributed by atoms with Crippen LogP contribution in [0.2, 0.25) is 0 Å². The largest absolute Gasteiger partial charge is 0.355 e. The Labute approximate surface area is 118 Å². The van der Waals surface area contributed by atoms with Gasteiger partial charge in [0, 0.05) is 26.2 Å². The van der Waals surface area contributed by atoms with E-state index in [4.69, 9.17) is 12.2 Å². The van der Waals surface area contributed by atoms with Crippen molar-refractivity contribution in [3.63, 3.8) is 0 Å². The first-order valence-electron chi connectivity index (χ1n) is 5.19. The summed E-state index contributed by atoms with van der Waals surface area (Å²) in [5.74, 6) is -0.754. The summed E-state index contributed by atoms with van der Waals surface area (Å²) in [7, 11) is 3.19. The van der Waals surface area contributed by atoms with Crippen LogP contribution in [-0.4, -0.2) is 39.9 Å². The van der Waals surface area contributed by atoms with Gasteiger partial charge in [-0.1, -0.05) is 0 Å². The lowest BCUT2D eigenvalue weighted by molar-refractivity contribution is -0.394. The molecule has 1 aromatic carbocycles. The minimum atomic E-state index is -0.811. The van der Waals surface area contributed by atoms with Crippen LogP contribution < -0.4 is 5.32 Å². The molecule has 9 nitrogen and oxygen atoms in total. The van der Waals surface area contributed by atoms with Gasteiger partial charge in [-0.3, -0.25) is 30.3 Å². The Morgan fingerprint density at radius 3 is 1.95 bits per heavy atom. The van der Waals surface area contributed by atoms with E-state index < -0.39 is 27.1 Å². The molecular weight excluding hydrogens is 288 g/mol. The standard InChI is InChI=1S/C10H10N4O5S/c1-12(2)10(20)11-9(15)6-3-7(13(16)17)5-8(4-6)14(18)19/h3-5H,1-2H3,(H,11,15,20). The molecule has 106 valence electrons. The molecule has 1 aromatic rings. The van der Waals surface area contributed by atoms with Crippen molar-refractivity contribution in [2.24, 2.45) is 0 Å². The molecule has 0 bridgehead atoms. The third kappa shape index (κ3) is 3.68. The summed E-state index contributed by atoms with van der Waals surface area (Å²) in [6, 6.07) is 2.67. The van der Waals surface area contributed by atoms with E-state index in [9.17, 15) is 25.0 Å². The van der Waals surface area contributed by atoms with E-state index >= 15 is 0 Å². The molecule has 0 saturated heterocycles. The molecule has 10 heteroatoms. The van der Waals surface area contributed by atoms with Gasteiger partial charge in [-0.15, -0.1) is 0 Å². The number of carbonyl (C=O) groups excluding carboxylic acids is 1. The van der Waals surface area contributed by atoms with Gasteiger partial charge >= 0.3 is 0 Å². The van der Waals surface area contributed by atoms with Gasteiger partial charge in [-0.2, -0.15) is 0 Å². The van der Waals surface area contributed by atoms with Crippen molar-refractivity contribution in [3.05, 3.63) is 44.0 Å². The second kappa shape index (κ2) is 6.02. The van der Waals surface area contributed by atoms with Crippen molar-refractivity contribution in [2.45, 2.75) is 0 Å². The molecule has 0 atom stereocenters. The van der Waals surface area contributed by atoms with Crippen LogP contribution in [0.25, 0.3) is 0 Å². The van der Waals surface area contributed by atoms with Crippen LogP contribution in [0.15, 0.2) is 18.2 Å². The zero-order valence-corrected chi connectivity index (χ0v) is 11.3. The second-order valence-corrected chi connectivity index (χ2v) is 4.29. The Hall–Kier alpha value is -2.62. The van der Waals surface area contributed by atoms with E-state index in [1.807, 2.05) is 0 Å². The number of benzene rings is 1. The van der Waals surface area contributed by atoms with Gasteiger partial charge in [0.05, 0.1) is 21.5 Å². The van der Waals surface area contributed by atoms with Crippen molar-refractivity contribution < 1.29 is 14.6 Å². The van der Waals surface area contributed by atoms with Gasteiger partial charge in [0.2, 0.25) is 0 Å². The molecule has 0 aromatic heterocycles. The highest BCUT2D eigenvalue weighted by atomic mass is 32.1. The molecule has 1 N–H and O–H groups in total. The Balaban J connectivity index is 3.17.